The standard InChI is InChI=1S/C12H12N4O3/c17-10-5-14-12(19)16(10)9-6-15(7-9)11(18)8-2-1-3-13-4-8/h1-4,9H,5-7H2,(H,14,19). The molecule has 0 unspecified atom stereocenters. The number of carbonyl (C=O) groups excluding carboxylic acids is 3. The van der Waals surface area contributed by atoms with E-state index in [9.17, 15) is 14.4 Å². The van der Waals surface area contributed by atoms with Gasteiger partial charge in [-0.05, 0) is 12.1 Å². The Morgan fingerprint density at radius 1 is 1.37 bits per heavy atom. The number of likely N-dealkylation sites (tertiary alicyclic amines) is 1. The lowest BCUT2D eigenvalue weighted by molar-refractivity contribution is -0.128. The Kier molecular flexibility index (Phi) is 2.66. The number of aromatic nitrogens is 1. The highest BCUT2D eigenvalue weighted by atomic mass is 16.2. The summed E-state index contributed by atoms with van der Waals surface area (Å²) in [5.74, 6) is -0.361. The molecule has 2 fully saturated rings. The van der Waals surface area contributed by atoms with Crippen molar-refractivity contribution < 1.29 is 14.4 Å². The number of hydrogen-bond donors (Lipinski definition) is 1. The number of carbonyl (C=O) groups is 3. The molecule has 19 heavy (non-hydrogen) atoms. The van der Waals surface area contributed by atoms with Crippen LogP contribution in [-0.2, 0) is 4.79 Å². The highest BCUT2D eigenvalue weighted by molar-refractivity contribution is 6.03. The number of imide groups is 1. The van der Waals surface area contributed by atoms with E-state index in [-0.39, 0.29) is 30.4 Å². The quantitative estimate of drug-likeness (QED) is 0.724. The van der Waals surface area contributed by atoms with Gasteiger partial charge in [0, 0.05) is 25.5 Å². The molecule has 0 radical (unpaired) electrons. The third-order valence-corrected chi connectivity index (χ3v) is 3.30. The van der Waals surface area contributed by atoms with Gasteiger partial charge in [0.2, 0.25) is 5.91 Å². The Balaban J connectivity index is 1.63. The summed E-state index contributed by atoms with van der Waals surface area (Å²) in [6, 6.07) is 2.80. The summed E-state index contributed by atoms with van der Waals surface area (Å²) in [5, 5.41) is 2.47. The minimum atomic E-state index is -0.372. The van der Waals surface area contributed by atoms with Crippen LogP contribution in [0.15, 0.2) is 24.5 Å². The van der Waals surface area contributed by atoms with Crippen LogP contribution in [0.4, 0.5) is 4.79 Å². The molecular formula is C12H12N4O3. The molecule has 0 spiro atoms. The maximum atomic E-state index is 12.0. The fourth-order valence-corrected chi connectivity index (χ4v) is 2.26. The van der Waals surface area contributed by atoms with Gasteiger partial charge in [0.15, 0.2) is 0 Å². The zero-order chi connectivity index (χ0) is 13.4. The van der Waals surface area contributed by atoms with Gasteiger partial charge in [-0.3, -0.25) is 19.5 Å². The van der Waals surface area contributed by atoms with Crippen LogP contribution in [0.25, 0.3) is 0 Å². The van der Waals surface area contributed by atoms with Gasteiger partial charge in [-0.1, -0.05) is 0 Å². The van der Waals surface area contributed by atoms with Gasteiger partial charge >= 0.3 is 6.03 Å². The molecule has 1 aromatic rings. The second-order valence-corrected chi connectivity index (χ2v) is 4.53. The van der Waals surface area contributed by atoms with Crippen LogP contribution in [0.5, 0.6) is 0 Å². The lowest BCUT2D eigenvalue weighted by Crippen LogP contribution is -2.62. The number of rotatable bonds is 2. The third kappa shape index (κ3) is 1.92. The first kappa shape index (κ1) is 11.6. The minimum absolute atomic E-state index is 0.0475. The Labute approximate surface area is 109 Å². The normalized spacial score (nSPS) is 19.4. The maximum absolute atomic E-state index is 12.0. The van der Waals surface area contributed by atoms with Crippen molar-refractivity contribution in [2.24, 2.45) is 0 Å². The summed E-state index contributed by atoms with van der Waals surface area (Å²) in [7, 11) is 0. The Morgan fingerprint density at radius 2 is 2.16 bits per heavy atom. The van der Waals surface area contributed by atoms with E-state index in [1.54, 1.807) is 23.2 Å². The van der Waals surface area contributed by atoms with Gasteiger partial charge in [-0.15, -0.1) is 0 Å². The Morgan fingerprint density at radius 3 is 2.74 bits per heavy atom. The molecule has 0 atom stereocenters. The third-order valence-electron chi connectivity index (χ3n) is 3.30. The first-order chi connectivity index (χ1) is 9.16. The molecule has 0 bridgehead atoms. The van der Waals surface area contributed by atoms with E-state index in [1.807, 2.05) is 0 Å². The highest BCUT2D eigenvalue weighted by Crippen LogP contribution is 2.19. The number of urea groups is 1. The van der Waals surface area contributed by atoms with Gasteiger partial charge in [-0.25, -0.2) is 4.79 Å². The Hall–Kier alpha value is -2.44. The summed E-state index contributed by atoms with van der Waals surface area (Å²) in [6.45, 7) is 0.811. The molecule has 2 aliphatic heterocycles. The first-order valence-electron chi connectivity index (χ1n) is 5.96. The second kappa shape index (κ2) is 4.34. The number of nitrogens with zero attached hydrogens (tertiary/aromatic N) is 3. The molecule has 2 saturated heterocycles. The molecule has 0 saturated carbocycles. The maximum Gasteiger partial charge on any atom is 0.324 e. The van der Waals surface area contributed by atoms with Gasteiger partial charge in [0.1, 0.15) is 0 Å². The Bertz CT molecular complexity index is 523. The largest absolute Gasteiger partial charge is 0.334 e. The number of hydrogen-bond acceptors (Lipinski definition) is 4. The van der Waals surface area contributed by atoms with Crippen molar-refractivity contribution in [2.45, 2.75) is 6.04 Å². The van der Waals surface area contributed by atoms with E-state index in [1.165, 1.54) is 11.1 Å². The van der Waals surface area contributed by atoms with Crippen molar-refractivity contribution in [3.05, 3.63) is 30.1 Å². The molecule has 7 heteroatoms. The summed E-state index contributed by atoms with van der Waals surface area (Å²) < 4.78 is 0. The van der Waals surface area contributed by atoms with Crippen LogP contribution in [-0.4, -0.2) is 58.3 Å². The number of amides is 4. The van der Waals surface area contributed by atoms with Crippen molar-refractivity contribution >= 4 is 17.8 Å². The van der Waals surface area contributed by atoms with Crippen molar-refractivity contribution in [3.63, 3.8) is 0 Å². The zero-order valence-electron chi connectivity index (χ0n) is 10.1. The van der Waals surface area contributed by atoms with E-state index in [2.05, 4.69) is 10.3 Å². The summed E-state index contributed by atoms with van der Waals surface area (Å²) >= 11 is 0. The number of pyridine rings is 1. The minimum Gasteiger partial charge on any atom is -0.334 e. The molecule has 0 aliphatic carbocycles. The van der Waals surface area contributed by atoms with Crippen LogP contribution in [0.3, 0.4) is 0 Å². The van der Waals surface area contributed by atoms with Crippen LogP contribution in [0.1, 0.15) is 10.4 Å². The average molecular weight is 260 g/mol. The predicted molar refractivity (Wildman–Crippen MR) is 64.2 cm³/mol. The molecule has 3 rings (SSSR count). The molecule has 3 heterocycles. The van der Waals surface area contributed by atoms with Crippen LogP contribution in [0, 0.1) is 0 Å². The first-order valence-corrected chi connectivity index (χ1v) is 5.96. The smallest absolute Gasteiger partial charge is 0.324 e. The fraction of sp³-hybridized carbons (Fsp3) is 0.333. The van der Waals surface area contributed by atoms with Gasteiger partial charge in [0.25, 0.3) is 5.91 Å². The van der Waals surface area contributed by atoms with Gasteiger partial charge in [-0.2, -0.15) is 0 Å². The van der Waals surface area contributed by atoms with E-state index in [0.29, 0.717) is 18.7 Å². The predicted octanol–water partition coefficient (Wildman–Crippen LogP) is -0.542. The lowest BCUT2D eigenvalue weighted by atomic mass is 10.1. The van der Waals surface area contributed by atoms with E-state index in [4.69, 9.17) is 0 Å². The van der Waals surface area contributed by atoms with Crippen LogP contribution >= 0.6 is 0 Å². The van der Waals surface area contributed by atoms with Crippen LogP contribution < -0.4 is 5.32 Å². The van der Waals surface area contributed by atoms with E-state index in [0.717, 1.165) is 0 Å². The summed E-state index contributed by atoms with van der Waals surface area (Å²) in [5.41, 5.74) is 0.512. The average Bonchev–Trinajstić information content (AvgIpc) is 2.70. The molecule has 2 aliphatic rings. The second-order valence-electron chi connectivity index (χ2n) is 4.53. The monoisotopic (exact) mass is 260 g/mol. The molecular weight excluding hydrogens is 248 g/mol. The van der Waals surface area contributed by atoms with Crippen molar-refractivity contribution in [1.29, 1.82) is 0 Å². The van der Waals surface area contributed by atoms with Gasteiger partial charge in [0.05, 0.1) is 18.2 Å². The zero-order valence-corrected chi connectivity index (χ0v) is 10.1. The van der Waals surface area contributed by atoms with E-state index >= 15 is 0 Å². The highest BCUT2D eigenvalue weighted by Gasteiger charge is 2.42. The molecule has 4 amide bonds. The molecule has 98 valence electrons. The molecule has 7 nitrogen and oxygen atoms in total. The van der Waals surface area contributed by atoms with E-state index < -0.39 is 0 Å². The van der Waals surface area contributed by atoms with Crippen LogP contribution in [0.2, 0.25) is 0 Å². The lowest BCUT2D eigenvalue weighted by Gasteiger charge is -2.42. The summed E-state index contributed by atoms with van der Waals surface area (Å²) in [4.78, 5) is 41.7. The van der Waals surface area contributed by atoms with Crippen molar-refractivity contribution in [3.8, 4) is 0 Å². The number of nitrogens with one attached hydrogen (secondary N) is 1. The van der Waals surface area contributed by atoms with Crippen molar-refractivity contribution in [1.82, 2.24) is 20.1 Å². The molecule has 1 N–H and O–H groups in total. The van der Waals surface area contributed by atoms with Crippen molar-refractivity contribution in [2.75, 3.05) is 19.6 Å². The van der Waals surface area contributed by atoms with Gasteiger partial charge < -0.3 is 10.2 Å². The fourth-order valence-electron chi connectivity index (χ4n) is 2.26. The summed E-state index contributed by atoms with van der Waals surface area (Å²) in [6.07, 6.45) is 3.10. The SMILES string of the molecule is O=C(c1cccnc1)N1CC(N2C(=O)CNC2=O)C1. The molecule has 1 aromatic heterocycles. The topological polar surface area (TPSA) is 82.6 Å². The molecule has 0 aromatic carbocycles.